The second-order valence-corrected chi connectivity index (χ2v) is 13.0. The van der Waals surface area contributed by atoms with Crippen LogP contribution in [0.1, 0.15) is 24.0 Å². The van der Waals surface area contributed by atoms with Crippen LogP contribution in [0.25, 0.3) is 10.1 Å². The van der Waals surface area contributed by atoms with E-state index in [9.17, 15) is 22.3 Å². The minimum atomic E-state index is -4.65. The van der Waals surface area contributed by atoms with E-state index in [4.69, 9.17) is 30.7 Å². The number of sulfonamides is 1. The number of hydrogen-bond donors (Lipinski definition) is 4. The van der Waals surface area contributed by atoms with E-state index in [-0.39, 0.29) is 55.9 Å². The summed E-state index contributed by atoms with van der Waals surface area (Å²) in [6.07, 6.45) is -0.119. The summed E-state index contributed by atoms with van der Waals surface area (Å²) in [7, 11) is -9.07. The van der Waals surface area contributed by atoms with Crippen molar-refractivity contribution in [2.24, 2.45) is 11.5 Å². The molecule has 11 nitrogen and oxygen atoms in total. The first-order chi connectivity index (χ1) is 18.4. The smallest absolute Gasteiger partial charge is 0.391 e. The third kappa shape index (κ3) is 7.43. The average molecular weight is 605 g/mol. The van der Waals surface area contributed by atoms with Gasteiger partial charge >= 0.3 is 7.60 Å². The molecule has 0 saturated heterocycles. The van der Waals surface area contributed by atoms with E-state index in [0.29, 0.717) is 25.9 Å². The van der Waals surface area contributed by atoms with E-state index in [1.165, 1.54) is 13.0 Å². The molecule has 3 rings (SSSR count). The number of hydrogen-bond acceptors (Lipinski definition) is 10. The first-order valence-corrected chi connectivity index (χ1v) is 15.6. The second-order valence-electron chi connectivity index (χ2n) is 8.17. The van der Waals surface area contributed by atoms with Crippen LogP contribution in [-0.2, 0) is 14.6 Å². The Bertz CT molecular complexity index is 1540. The molecule has 0 fully saturated rings. The van der Waals surface area contributed by atoms with Crippen molar-refractivity contribution in [1.82, 2.24) is 4.72 Å². The number of aryl methyl sites for hydroxylation is 1. The van der Waals surface area contributed by atoms with Crippen molar-refractivity contribution in [2.45, 2.75) is 24.0 Å². The lowest BCUT2D eigenvalue weighted by molar-refractivity contribution is 0.256. The molecule has 0 spiro atoms. The third-order valence-corrected chi connectivity index (χ3v) is 9.77. The van der Waals surface area contributed by atoms with Gasteiger partial charge in [-0.25, -0.2) is 21.8 Å². The number of nitrogens with zero attached hydrogens (tertiary/aromatic N) is 1. The normalized spacial score (nSPS) is 13.2. The van der Waals surface area contributed by atoms with Crippen molar-refractivity contribution < 1.29 is 40.7 Å². The monoisotopic (exact) mass is 604 g/mol. The van der Waals surface area contributed by atoms with Crippen LogP contribution < -0.4 is 30.2 Å². The van der Waals surface area contributed by atoms with Crippen molar-refractivity contribution in [3.8, 4) is 23.3 Å². The maximum atomic E-state index is 15.6. The standard InChI is InChI=1S/C23H27F2N4O7PS2/c1-14-20-19(11-18(34-8-2-6-26)22(21(20)25)35-9-3-7-27)38-23(14)39(32,33)29-13-37(30,31)36-16-5-4-15(12-28)17(24)10-16/h4-5,10-11,29H,2-3,6-9,13,26-27H2,1H3,(H,30,31). The fourth-order valence-electron chi connectivity index (χ4n) is 3.39. The van der Waals surface area contributed by atoms with Gasteiger partial charge in [-0.1, -0.05) is 0 Å². The molecule has 212 valence electrons. The molecule has 0 bridgehead atoms. The number of nitrogens with two attached hydrogens (primary N) is 2. The quantitative estimate of drug-likeness (QED) is 0.157. The minimum absolute atomic E-state index is 0.00853. The first-order valence-electron chi connectivity index (χ1n) is 11.6. The maximum absolute atomic E-state index is 15.6. The Hall–Kier alpha value is -2.83. The number of rotatable bonds is 14. The zero-order valence-electron chi connectivity index (χ0n) is 20.8. The molecule has 0 aliphatic carbocycles. The van der Waals surface area contributed by atoms with Gasteiger partial charge in [0.15, 0.2) is 17.3 Å². The van der Waals surface area contributed by atoms with Crippen molar-refractivity contribution in [3.63, 3.8) is 0 Å². The number of halogens is 2. The van der Waals surface area contributed by atoms with Gasteiger partial charge in [-0.15, -0.1) is 11.3 Å². The fourth-order valence-corrected chi connectivity index (χ4v) is 7.72. The van der Waals surface area contributed by atoms with Crippen LogP contribution in [0.5, 0.6) is 17.2 Å². The zero-order valence-corrected chi connectivity index (χ0v) is 23.3. The van der Waals surface area contributed by atoms with E-state index >= 15 is 4.39 Å². The number of nitriles is 1. The summed E-state index contributed by atoms with van der Waals surface area (Å²) in [6.45, 7) is 2.34. The predicted molar refractivity (Wildman–Crippen MR) is 142 cm³/mol. The lowest BCUT2D eigenvalue weighted by Crippen LogP contribution is -2.25. The van der Waals surface area contributed by atoms with Crippen molar-refractivity contribution in [1.29, 1.82) is 5.26 Å². The largest absolute Gasteiger partial charge is 0.489 e. The minimum Gasteiger partial charge on any atom is -0.489 e. The Balaban J connectivity index is 1.89. The van der Waals surface area contributed by atoms with Gasteiger partial charge in [0.2, 0.25) is 0 Å². The highest BCUT2D eigenvalue weighted by atomic mass is 32.2. The van der Waals surface area contributed by atoms with Gasteiger partial charge in [0.1, 0.15) is 28.1 Å². The molecule has 0 amide bonds. The molecule has 1 atom stereocenters. The summed E-state index contributed by atoms with van der Waals surface area (Å²) in [5.74, 6) is -2.28. The van der Waals surface area contributed by atoms with Gasteiger partial charge in [-0.3, -0.25) is 0 Å². The van der Waals surface area contributed by atoms with E-state index in [0.717, 1.165) is 29.5 Å². The molecular weight excluding hydrogens is 577 g/mol. The van der Waals surface area contributed by atoms with E-state index in [1.54, 1.807) is 6.07 Å². The molecule has 0 aliphatic heterocycles. The van der Waals surface area contributed by atoms with Gasteiger partial charge in [0.05, 0.1) is 18.8 Å². The molecule has 16 heteroatoms. The summed E-state index contributed by atoms with van der Waals surface area (Å²) in [6, 6.07) is 5.93. The Kier molecular flexibility index (Phi) is 10.2. The van der Waals surface area contributed by atoms with Crippen LogP contribution in [0.3, 0.4) is 0 Å². The van der Waals surface area contributed by atoms with E-state index < -0.39 is 35.5 Å². The molecule has 1 heterocycles. The van der Waals surface area contributed by atoms with Gasteiger partial charge in [0, 0.05) is 22.2 Å². The Labute approximate surface area is 227 Å². The predicted octanol–water partition coefficient (Wildman–Crippen LogP) is 3.32. The van der Waals surface area contributed by atoms with Crippen molar-refractivity contribution in [3.05, 3.63) is 47.0 Å². The summed E-state index contributed by atoms with van der Waals surface area (Å²) in [5.41, 5.74) is 10.7. The number of fused-ring (bicyclic) bond motifs is 1. The molecule has 2 aromatic carbocycles. The highest BCUT2D eigenvalue weighted by Gasteiger charge is 2.30. The molecule has 1 unspecified atom stereocenters. The van der Waals surface area contributed by atoms with Crippen LogP contribution in [0, 0.1) is 29.9 Å². The topological polar surface area (TPSA) is 187 Å². The average Bonchev–Trinajstić information content (AvgIpc) is 3.22. The number of thiophene rings is 1. The summed E-state index contributed by atoms with van der Waals surface area (Å²) in [4.78, 5) is 10.1. The molecule has 39 heavy (non-hydrogen) atoms. The van der Waals surface area contributed by atoms with Gasteiger partial charge < -0.3 is 30.4 Å². The zero-order chi connectivity index (χ0) is 28.8. The molecule has 0 radical (unpaired) electrons. The van der Waals surface area contributed by atoms with Crippen LogP contribution in [0.4, 0.5) is 8.78 Å². The van der Waals surface area contributed by atoms with Crippen LogP contribution in [0.15, 0.2) is 28.5 Å². The molecule has 0 aliphatic rings. The number of ether oxygens (including phenoxy) is 2. The van der Waals surface area contributed by atoms with Gasteiger partial charge in [0.25, 0.3) is 10.0 Å². The number of benzene rings is 2. The Morgan fingerprint density at radius 2 is 1.82 bits per heavy atom. The Morgan fingerprint density at radius 3 is 2.44 bits per heavy atom. The SMILES string of the molecule is Cc1c(S(=O)(=O)NCP(=O)(O)Oc2ccc(C#N)c(F)c2)sc2cc(OCCCN)c(OCCCN)c(F)c12. The summed E-state index contributed by atoms with van der Waals surface area (Å²) >= 11 is 0.733. The highest BCUT2D eigenvalue weighted by molar-refractivity contribution is 7.92. The summed E-state index contributed by atoms with van der Waals surface area (Å²) in [5, 5.41) is 8.78. The van der Waals surface area contributed by atoms with Crippen molar-refractivity contribution in [2.75, 3.05) is 32.6 Å². The molecule has 1 aromatic heterocycles. The third-order valence-electron chi connectivity index (χ3n) is 5.24. The number of nitrogens with one attached hydrogen (secondary N) is 1. The molecule has 0 saturated carbocycles. The highest BCUT2D eigenvalue weighted by Crippen LogP contribution is 2.45. The van der Waals surface area contributed by atoms with Gasteiger partial charge in [-0.2, -0.15) is 9.98 Å². The van der Waals surface area contributed by atoms with Crippen LogP contribution in [0.2, 0.25) is 0 Å². The van der Waals surface area contributed by atoms with Crippen LogP contribution >= 0.6 is 18.9 Å². The van der Waals surface area contributed by atoms with Gasteiger partial charge in [-0.05, 0) is 50.6 Å². The molecule has 6 N–H and O–H groups in total. The molecular formula is C23H27F2N4O7PS2. The maximum Gasteiger partial charge on any atom is 0.391 e. The first kappa shape index (κ1) is 30.7. The van der Waals surface area contributed by atoms with E-state index in [2.05, 4.69) is 0 Å². The second kappa shape index (κ2) is 13.0. The lowest BCUT2D eigenvalue weighted by Gasteiger charge is -2.14. The van der Waals surface area contributed by atoms with Crippen molar-refractivity contribution >= 4 is 39.0 Å². The van der Waals surface area contributed by atoms with Crippen LogP contribution in [-0.4, -0.2) is 45.9 Å². The van der Waals surface area contributed by atoms with E-state index in [1.807, 2.05) is 4.72 Å². The lowest BCUT2D eigenvalue weighted by atomic mass is 10.1. The Morgan fingerprint density at radius 1 is 1.15 bits per heavy atom. The molecule has 3 aromatic rings. The summed E-state index contributed by atoms with van der Waals surface area (Å²) < 4.78 is 86.0. The fraction of sp³-hybridized carbons (Fsp3) is 0.348.